The molecule has 0 amide bonds. The maximum absolute atomic E-state index is 4.67. The molecule has 0 fully saturated rings. The molecule has 2 nitrogen and oxygen atoms in total. The Morgan fingerprint density at radius 2 is 1.02 bits per heavy atom. The number of fused-ring (bicyclic) bond motifs is 2. The molecular formula is C40H60N2. The number of para-hydroxylation sites is 2. The Kier molecular flexibility index (Phi) is 11.4. The van der Waals surface area contributed by atoms with Gasteiger partial charge in [-0.05, 0) is 42.5 Å². The van der Waals surface area contributed by atoms with Crippen LogP contribution in [0, 0.1) is 0 Å². The van der Waals surface area contributed by atoms with Gasteiger partial charge in [-0.2, -0.15) is 0 Å². The number of allylic oxidation sites excluding steroid dienone is 2. The van der Waals surface area contributed by atoms with Crippen LogP contribution < -0.4 is 9.80 Å². The van der Waals surface area contributed by atoms with Gasteiger partial charge in [0.25, 0.3) is 0 Å². The van der Waals surface area contributed by atoms with Gasteiger partial charge in [-0.15, -0.1) is 0 Å². The van der Waals surface area contributed by atoms with Gasteiger partial charge in [-0.1, -0.05) is 161 Å². The molecule has 0 N–H and O–H groups in total. The Morgan fingerprint density at radius 3 is 1.62 bits per heavy atom. The smallest absolute Gasteiger partial charge is 0.0453 e. The Labute approximate surface area is 259 Å². The van der Waals surface area contributed by atoms with E-state index in [4.69, 9.17) is 0 Å². The molecule has 2 aliphatic rings. The van der Waals surface area contributed by atoms with Crippen molar-refractivity contribution in [2.75, 3.05) is 16.3 Å². The van der Waals surface area contributed by atoms with E-state index in [1.807, 2.05) is 0 Å². The van der Waals surface area contributed by atoms with Gasteiger partial charge in [0.05, 0.1) is 0 Å². The summed E-state index contributed by atoms with van der Waals surface area (Å²) in [5, 5.41) is 0. The molecule has 2 aliphatic heterocycles. The van der Waals surface area contributed by atoms with Crippen LogP contribution in [0.5, 0.6) is 0 Å². The zero-order chi connectivity index (χ0) is 30.2. The molecule has 4 rings (SSSR count). The van der Waals surface area contributed by atoms with Crippen molar-refractivity contribution < 1.29 is 0 Å². The molecule has 0 saturated heterocycles. The zero-order valence-corrected chi connectivity index (χ0v) is 27.8. The molecular weight excluding hydrogens is 508 g/mol. The van der Waals surface area contributed by atoms with E-state index in [-0.39, 0.29) is 10.8 Å². The van der Waals surface area contributed by atoms with Crippen molar-refractivity contribution in [2.24, 2.45) is 0 Å². The number of anilines is 2. The second kappa shape index (κ2) is 14.8. The van der Waals surface area contributed by atoms with E-state index >= 15 is 0 Å². The predicted molar refractivity (Wildman–Crippen MR) is 186 cm³/mol. The third-order valence-electron chi connectivity index (χ3n) is 10.4. The molecule has 2 heterocycles. The van der Waals surface area contributed by atoms with Gasteiger partial charge in [0.1, 0.15) is 0 Å². The lowest BCUT2D eigenvalue weighted by atomic mass is 9.84. The first-order valence-electron chi connectivity index (χ1n) is 17.4. The quantitative estimate of drug-likeness (QED) is 0.165. The van der Waals surface area contributed by atoms with Crippen LogP contribution in [0.1, 0.15) is 142 Å². The summed E-state index contributed by atoms with van der Waals surface area (Å²) in [4.78, 5) is 5.13. The monoisotopic (exact) mass is 568 g/mol. The van der Waals surface area contributed by atoms with Gasteiger partial charge in [0.15, 0.2) is 0 Å². The van der Waals surface area contributed by atoms with Crippen LogP contribution >= 0.6 is 0 Å². The molecule has 0 radical (unpaired) electrons. The van der Waals surface area contributed by atoms with E-state index in [0.717, 1.165) is 6.54 Å². The Hall–Kier alpha value is -2.48. The van der Waals surface area contributed by atoms with Crippen molar-refractivity contribution in [1.82, 2.24) is 0 Å². The van der Waals surface area contributed by atoms with Gasteiger partial charge >= 0.3 is 0 Å². The lowest BCUT2D eigenvalue weighted by molar-refractivity contribution is 0.466. The highest BCUT2D eigenvalue weighted by atomic mass is 15.2. The molecule has 1 unspecified atom stereocenters. The van der Waals surface area contributed by atoms with Crippen LogP contribution in [-0.2, 0) is 10.8 Å². The molecule has 2 aromatic rings. The number of rotatable bonds is 18. The summed E-state index contributed by atoms with van der Waals surface area (Å²) in [5.74, 6) is 0. The first-order valence-corrected chi connectivity index (χ1v) is 17.4. The fourth-order valence-electron chi connectivity index (χ4n) is 7.46. The van der Waals surface area contributed by atoms with Crippen molar-refractivity contribution >= 4 is 11.4 Å². The largest absolute Gasteiger partial charge is 0.345 e. The molecule has 0 saturated carbocycles. The molecule has 1 atom stereocenters. The molecule has 2 aromatic carbocycles. The van der Waals surface area contributed by atoms with Crippen LogP contribution in [-0.4, -0.2) is 12.6 Å². The summed E-state index contributed by atoms with van der Waals surface area (Å²) in [7, 11) is 0. The van der Waals surface area contributed by atoms with E-state index in [1.165, 1.54) is 130 Å². The first kappa shape index (κ1) is 32.4. The highest BCUT2D eigenvalue weighted by Gasteiger charge is 2.41. The maximum atomic E-state index is 4.67. The molecule has 42 heavy (non-hydrogen) atoms. The van der Waals surface area contributed by atoms with Crippen molar-refractivity contribution in [1.29, 1.82) is 0 Å². The van der Waals surface area contributed by atoms with E-state index in [2.05, 4.69) is 106 Å². The number of nitrogens with zero attached hydrogens (tertiary/aromatic N) is 2. The fourth-order valence-corrected chi connectivity index (χ4v) is 7.46. The van der Waals surface area contributed by atoms with Crippen LogP contribution in [0.3, 0.4) is 0 Å². The Balaban J connectivity index is 1.30. The predicted octanol–water partition coefficient (Wildman–Crippen LogP) is 11.8. The van der Waals surface area contributed by atoms with E-state index < -0.39 is 0 Å². The highest BCUT2D eigenvalue weighted by molar-refractivity contribution is 5.71. The zero-order valence-electron chi connectivity index (χ0n) is 27.8. The van der Waals surface area contributed by atoms with Crippen LogP contribution in [0.15, 0.2) is 73.1 Å². The number of benzene rings is 2. The van der Waals surface area contributed by atoms with Crippen LogP contribution in [0.2, 0.25) is 0 Å². The number of hydrogen-bond donors (Lipinski definition) is 0. The minimum absolute atomic E-state index is 0.00291. The second-order valence-electron chi connectivity index (χ2n) is 14.2. The minimum atomic E-state index is 0.00291. The Morgan fingerprint density at radius 1 is 0.571 bits per heavy atom. The third-order valence-corrected chi connectivity index (χ3v) is 10.4. The average molecular weight is 569 g/mol. The van der Waals surface area contributed by atoms with Gasteiger partial charge in [-0.3, -0.25) is 0 Å². The lowest BCUT2D eigenvalue weighted by Crippen LogP contribution is -2.35. The summed E-state index contributed by atoms with van der Waals surface area (Å²) < 4.78 is 0. The topological polar surface area (TPSA) is 6.48 Å². The molecule has 0 aromatic heterocycles. The van der Waals surface area contributed by atoms with Crippen molar-refractivity contribution in [3.05, 3.63) is 84.2 Å². The van der Waals surface area contributed by atoms with Crippen molar-refractivity contribution in [3.8, 4) is 0 Å². The average Bonchev–Trinajstić information content (AvgIpc) is 3.30. The fraction of sp³-hybridized carbons (Fsp3) is 0.600. The third kappa shape index (κ3) is 7.17. The second-order valence-corrected chi connectivity index (χ2v) is 14.2. The van der Waals surface area contributed by atoms with Gasteiger partial charge in [0.2, 0.25) is 0 Å². The molecule has 0 aliphatic carbocycles. The molecule has 0 spiro atoms. The summed E-state index contributed by atoms with van der Waals surface area (Å²) in [6.07, 6.45) is 20.2. The molecule has 2 heteroatoms. The highest BCUT2D eigenvalue weighted by Crippen LogP contribution is 2.49. The van der Waals surface area contributed by atoms with Crippen LogP contribution in [0.4, 0.5) is 11.4 Å². The van der Waals surface area contributed by atoms with Crippen molar-refractivity contribution in [3.63, 3.8) is 0 Å². The molecule has 230 valence electrons. The summed E-state index contributed by atoms with van der Waals surface area (Å²) >= 11 is 0. The van der Waals surface area contributed by atoms with E-state index in [0.29, 0.717) is 6.04 Å². The van der Waals surface area contributed by atoms with E-state index in [1.54, 1.807) is 0 Å². The maximum Gasteiger partial charge on any atom is 0.0453 e. The van der Waals surface area contributed by atoms with Crippen molar-refractivity contribution in [2.45, 2.75) is 148 Å². The standard InChI is InChI=1S/C40H60N2/c1-8-9-10-11-12-13-14-15-16-18-25-34(42-33(3)40(6,7)36-28-21-23-30-38(36)42)26-19-17-24-31-41-32(2)39(4,5)35-27-20-22-29-37(35)41/h20-23,27-30,34H,2-3,8-19,24-26,31H2,1,4-7H3. The lowest BCUT2D eigenvalue weighted by Gasteiger charge is -2.34. The SMILES string of the molecule is C=C1N(CCCCCC(CCCCCCCCCCCC)N2C(=C)C(C)(C)c3ccccc32)c2ccccc2C1(C)C. The first-order chi connectivity index (χ1) is 20.2. The molecule has 0 bridgehead atoms. The van der Waals surface area contributed by atoms with Gasteiger partial charge in [0, 0.05) is 46.2 Å². The Bertz CT molecular complexity index is 1170. The number of hydrogen-bond acceptors (Lipinski definition) is 2. The van der Waals surface area contributed by atoms with Gasteiger partial charge in [-0.25, -0.2) is 0 Å². The van der Waals surface area contributed by atoms with Crippen LogP contribution in [0.25, 0.3) is 0 Å². The van der Waals surface area contributed by atoms with E-state index in [9.17, 15) is 0 Å². The minimum Gasteiger partial charge on any atom is -0.345 e. The number of unbranched alkanes of at least 4 members (excludes halogenated alkanes) is 11. The normalized spacial score (nSPS) is 17.5. The van der Waals surface area contributed by atoms with Gasteiger partial charge < -0.3 is 9.80 Å². The summed E-state index contributed by atoms with van der Waals surface area (Å²) in [6, 6.07) is 18.5. The summed E-state index contributed by atoms with van der Waals surface area (Å²) in [5.41, 5.74) is 8.17. The summed E-state index contributed by atoms with van der Waals surface area (Å²) in [6.45, 7) is 21.9.